The minimum atomic E-state index is -0.227. The fourth-order valence-electron chi connectivity index (χ4n) is 1.63. The average Bonchev–Trinajstić information content (AvgIpc) is 2.13. The molecule has 0 unspecified atom stereocenters. The fraction of sp³-hybridized carbons (Fsp3) is 0.545. The first-order chi connectivity index (χ1) is 6.49. The van der Waals surface area contributed by atoms with Gasteiger partial charge in [-0.3, -0.25) is 4.98 Å². The molecule has 0 aliphatic heterocycles. The van der Waals surface area contributed by atoms with Crippen LogP contribution in [0.15, 0.2) is 0 Å². The van der Waals surface area contributed by atoms with Gasteiger partial charge in [0.25, 0.3) is 0 Å². The highest BCUT2D eigenvalue weighted by Crippen LogP contribution is 2.23. The molecule has 0 radical (unpaired) electrons. The summed E-state index contributed by atoms with van der Waals surface area (Å²) in [4.78, 5) is 4.25. The molecule has 1 rings (SSSR count). The minimum absolute atomic E-state index is 0.227. The van der Waals surface area contributed by atoms with Crippen LogP contribution in [0.25, 0.3) is 0 Å². The maximum absolute atomic E-state index is 13.5. The van der Waals surface area contributed by atoms with Gasteiger partial charge in [0.2, 0.25) is 0 Å². The molecule has 0 atom stereocenters. The molecule has 1 heterocycles. The van der Waals surface area contributed by atoms with Crippen molar-refractivity contribution in [1.82, 2.24) is 4.98 Å². The first-order valence-corrected chi connectivity index (χ1v) is 4.84. The number of aromatic nitrogens is 1. The molecular formula is C11H17FN2. The number of rotatable bonds is 2. The van der Waals surface area contributed by atoms with Gasteiger partial charge in [-0.2, -0.15) is 0 Å². The quantitative estimate of drug-likeness (QED) is 0.789. The lowest BCUT2D eigenvalue weighted by Gasteiger charge is -2.15. The molecule has 78 valence electrons. The third kappa shape index (κ3) is 1.77. The van der Waals surface area contributed by atoms with E-state index in [4.69, 9.17) is 5.73 Å². The monoisotopic (exact) mass is 196 g/mol. The highest BCUT2D eigenvalue weighted by Gasteiger charge is 2.15. The Morgan fingerprint density at radius 2 is 1.93 bits per heavy atom. The van der Waals surface area contributed by atoms with Crippen molar-refractivity contribution < 1.29 is 4.39 Å². The fourth-order valence-corrected chi connectivity index (χ4v) is 1.63. The summed E-state index contributed by atoms with van der Waals surface area (Å²) in [7, 11) is 0. The summed E-state index contributed by atoms with van der Waals surface area (Å²) in [6, 6.07) is 0. The Morgan fingerprint density at radius 3 is 2.36 bits per heavy atom. The molecule has 0 aromatic carbocycles. The second-order valence-electron chi connectivity index (χ2n) is 3.86. The number of pyridine rings is 1. The van der Waals surface area contributed by atoms with Gasteiger partial charge in [-0.1, -0.05) is 13.8 Å². The zero-order valence-corrected chi connectivity index (χ0v) is 9.19. The van der Waals surface area contributed by atoms with Crippen molar-refractivity contribution in [3.63, 3.8) is 0 Å². The lowest BCUT2D eigenvalue weighted by Crippen LogP contribution is -2.11. The van der Waals surface area contributed by atoms with E-state index in [9.17, 15) is 4.39 Å². The van der Waals surface area contributed by atoms with Crippen LogP contribution in [0.5, 0.6) is 0 Å². The van der Waals surface area contributed by atoms with Crippen molar-refractivity contribution in [2.24, 2.45) is 5.73 Å². The van der Waals surface area contributed by atoms with Gasteiger partial charge in [0.15, 0.2) is 0 Å². The predicted octanol–water partition coefficient (Wildman–Crippen LogP) is 2.42. The van der Waals surface area contributed by atoms with Crippen LogP contribution >= 0.6 is 0 Å². The summed E-state index contributed by atoms with van der Waals surface area (Å²) in [6.45, 7) is 7.88. The molecule has 0 fully saturated rings. The van der Waals surface area contributed by atoms with Gasteiger partial charge in [-0.05, 0) is 30.9 Å². The molecule has 2 N–H and O–H groups in total. The Labute approximate surface area is 84.3 Å². The van der Waals surface area contributed by atoms with Gasteiger partial charge in [0.05, 0.1) is 5.69 Å². The normalized spacial score (nSPS) is 11.1. The van der Waals surface area contributed by atoms with Crippen molar-refractivity contribution in [2.75, 3.05) is 0 Å². The molecule has 1 aromatic heterocycles. The molecule has 3 heteroatoms. The Morgan fingerprint density at radius 1 is 1.36 bits per heavy atom. The molecule has 0 bridgehead atoms. The van der Waals surface area contributed by atoms with Gasteiger partial charge >= 0.3 is 0 Å². The topological polar surface area (TPSA) is 38.9 Å². The highest BCUT2D eigenvalue weighted by molar-refractivity contribution is 5.34. The Bertz CT molecular complexity index is 346. The molecule has 0 aliphatic rings. The number of hydrogen-bond donors (Lipinski definition) is 1. The lowest BCUT2D eigenvalue weighted by atomic mass is 9.98. The van der Waals surface area contributed by atoms with Gasteiger partial charge in [-0.25, -0.2) is 4.39 Å². The summed E-state index contributed by atoms with van der Waals surface area (Å²) in [6.07, 6.45) is 0. The summed E-state index contributed by atoms with van der Waals surface area (Å²) in [5.74, 6) is 0.0569. The smallest absolute Gasteiger partial charge is 0.147 e. The Balaban J connectivity index is 3.43. The van der Waals surface area contributed by atoms with Gasteiger partial charge in [-0.15, -0.1) is 0 Å². The van der Waals surface area contributed by atoms with Crippen LogP contribution in [0.3, 0.4) is 0 Å². The second kappa shape index (κ2) is 4.05. The van der Waals surface area contributed by atoms with Crippen molar-refractivity contribution >= 4 is 0 Å². The van der Waals surface area contributed by atoms with Crippen molar-refractivity contribution in [1.29, 1.82) is 0 Å². The van der Waals surface area contributed by atoms with Crippen LogP contribution in [-0.4, -0.2) is 4.98 Å². The standard InChI is InChI=1S/C11H17FN2/c1-6(2)11-9(5-13)7(3)10(12)8(4)14-11/h6H,5,13H2,1-4H3. The van der Waals surface area contributed by atoms with Crippen LogP contribution in [0.2, 0.25) is 0 Å². The molecule has 0 spiro atoms. The van der Waals surface area contributed by atoms with Crippen LogP contribution < -0.4 is 5.73 Å². The molecule has 0 amide bonds. The first kappa shape index (κ1) is 11.1. The lowest BCUT2D eigenvalue weighted by molar-refractivity contribution is 0.589. The highest BCUT2D eigenvalue weighted by atomic mass is 19.1. The van der Waals surface area contributed by atoms with E-state index in [0.29, 0.717) is 17.8 Å². The van der Waals surface area contributed by atoms with E-state index in [0.717, 1.165) is 11.3 Å². The van der Waals surface area contributed by atoms with E-state index in [1.165, 1.54) is 0 Å². The maximum atomic E-state index is 13.5. The van der Waals surface area contributed by atoms with E-state index in [1.54, 1.807) is 13.8 Å². The largest absolute Gasteiger partial charge is 0.326 e. The number of nitrogens with two attached hydrogens (primary N) is 1. The summed E-state index contributed by atoms with van der Waals surface area (Å²) in [5, 5.41) is 0. The van der Waals surface area contributed by atoms with E-state index in [1.807, 2.05) is 13.8 Å². The van der Waals surface area contributed by atoms with Gasteiger partial charge in [0, 0.05) is 12.2 Å². The zero-order valence-electron chi connectivity index (χ0n) is 9.19. The summed E-state index contributed by atoms with van der Waals surface area (Å²) < 4.78 is 13.5. The van der Waals surface area contributed by atoms with Gasteiger partial charge < -0.3 is 5.73 Å². The van der Waals surface area contributed by atoms with Crippen LogP contribution in [0.4, 0.5) is 4.39 Å². The predicted molar refractivity (Wildman–Crippen MR) is 55.6 cm³/mol. The minimum Gasteiger partial charge on any atom is -0.326 e. The number of aryl methyl sites for hydroxylation is 1. The first-order valence-electron chi connectivity index (χ1n) is 4.84. The number of nitrogens with zero attached hydrogens (tertiary/aromatic N) is 1. The third-order valence-corrected chi connectivity index (χ3v) is 2.45. The molecule has 0 aliphatic carbocycles. The average molecular weight is 196 g/mol. The molecule has 0 saturated carbocycles. The van der Waals surface area contributed by atoms with E-state index < -0.39 is 0 Å². The van der Waals surface area contributed by atoms with Crippen LogP contribution in [0.1, 0.15) is 42.3 Å². The molecule has 1 aromatic rings. The van der Waals surface area contributed by atoms with Crippen molar-refractivity contribution in [2.45, 2.75) is 40.2 Å². The third-order valence-electron chi connectivity index (χ3n) is 2.45. The van der Waals surface area contributed by atoms with E-state index >= 15 is 0 Å². The SMILES string of the molecule is Cc1nc(C(C)C)c(CN)c(C)c1F. The van der Waals surface area contributed by atoms with E-state index in [-0.39, 0.29) is 11.7 Å². The maximum Gasteiger partial charge on any atom is 0.147 e. The van der Waals surface area contributed by atoms with Crippen LogP contribution in [-0.2, 0) is 6.54 Å². The second-order valence-corrected chi connectivity index (χ2v) is 3.86. The molecule has 0 saturated heterocycles. The number of halogens is 1. The van der Waals surface area contributed by atoms with Crippen molar-refractivity contribution in [3.05, 3.63) is 28.3 Å². The summed E-state index contributed by atoms with van der Waals surface area (Å²) in [5.41, 5.74) is 8.48. The van der Waals surface area contributed by atoms with Crippen LogP contribution in [0, 0.1) is 19.7 Å². The molecule has 14 heavy (non-hydrogen) atoms. The summed E-state index contributed by atoms with van der Waals surface area (Å²) >= 11 is 0. The molecule has 2 nitrogen and oxygen atoms in total. The van der Waals surface area contributed by atoms with E-state index in [2.05, 4.69) is 4.98 Å². The molecular weight excluding hydrogens is 179 g/mol. The number of hydrogen-bond acceptors (Lipinski definition) is 2. The zero-order chi connectivity index (χ0) is 10.9. The Kier molecular flexibility index (Phi) is 3.21. The van der Waals surface area contributed by atoms with Crippen molar-refractivity contribution in [3.8, 4) is 0 Å². The van der Waals surface area contributed by atoms with Gasteiger partial charge in [0.1, 0.15) is 5.82 Å². The Hall–Kier alpha value is -0.960.